The van der Waals surface area contributed by atoms with Crippen molar-refractivity contribution in [2.45, 2.75) is 31.6 Å². The highest BCUT2D eigenvalue weighted by Crippen LogP contribution is 2.35. The van der Waals surface area contributed by atoms with E-state index in [4.69, 9.17) is 11.6 Å². The lowest BCUT2D eigenvalue weighted by Crippen LogP contribution is -2.31. The van der Waals surface area contributed by atoms with Crippen LogP contribution in [0.4, 0.5) is 0 Å². The lowest BCUT2D eigenvalue weighted by Gasteiger charge is -2.29. The summed E-state index contributed by atoms with van der Waals surface area (Å²) in [6.07, 6.45) is 8.29. The zero-order chi connectivity index (χ0) is 19.3. The highest BCUT2D eigenvalue weighted by molar-refractivity contribution is 6.33. The molecule has 2 aromatic carbocycles. The largest absolute Gasteiger partial charge is 0.366 e. The Morgan fingerprint density at radius 2 is 1.64 bits per heavy atom. The first-order valence-electron chi connectivity index (χ1n) is 9.97. The van der Waals surface area contributed by atoms with Gasteiger partial charge in [0.05, 0.1) is 5.56 Å². The Morgan fingerprint density at radius 1 is 0.929 bits per heavy atom. The smallest absolute Gasteiger partial charge is 0.253 e. The molecule has 28 heavy (non-hydrogen) atoms. The minimum atomic E-state index is -0.0404. The van der Waals surface area contributed by atoms with E-state index in [-0.39, 0.29) is 5.91 Å². The van der Waals surface area contributed by atoms with E-state index in [0.29, 0.717) is 22.4 Å². The molecule has 1 heterocycles. The molecular formula is C24H25ClN2O. The molecule has 3 nitrogen and oxygen atoms in total. The molecule has 0 aliphatic heterocycles. The van der Waals surface area contributed by atoms with Crippen molar-refractivity contribution in [1.29, 1.82) is 0 Å². The Hall–Kier alpha value is -2.52. The first-order chi connectivity index (χ1) is 13.7. The van der Waals surface area contributed by atoms with Crippen molar-refractivity contribution < 1.29 is 4.79 Å². The molecule has 1 fully saturated rings. The third-order valence-electron chi connectivity index (χ3n) is 5.82. The topological polar surface area (TPSA) is 44.9 Å². The molecule has 2 N–H and O–H groups in total. The van der Waals surface area contributed by atoms with Gasteiger partial charge in [-0.3, -0.25) is 4.79 Å². The van der Waals surface area contributed by atoms with Gasteiger partial charge in [0.2, 0.25) is 0 Å². The van der Waals surface area contributed by atoms with Crippen LogP contribution in [0.3, 0.4) is 0 Å². The highest BCUT2D eigenvalue weighted by Gasteiger charge is 2.23. The predicted octanol–water partition coefficient (Wildman–Crippen LogP) is 6.04. The fourth-order valence-electron chi connectivity index (χ4n) is 4.21. The van der Waals surface area contributed by atoms with E-state index in [0.717, 1.165) is 30.5 Å². The number of aromatic nitrogens is 1. The van der Waals surface area contributed by atoms with Gasteiger partial charge in [0, 0.05) is 35.1 Å². The lowest BCUT2D eigenvalue weighted by atomic mass is 9.78. The number of carbonyl (C=O) groups is 1. The molecule has 4 rings (SSSR count). The van der Waals surface area contributed by atoms with Crippen molar-refractivity contribution in [1.82, 2.24) is 10.3 Å². The number of amides is 1. The zero-order valence-electron chi connectivity index (χ0n) is 15.8. The lowest BCUT2D eigenvalue weighted by molar-refractivity contribution is 0.0943. The monoisotopic (exact) mass is 392 g/mol. The van der Waals surface area contributed by atoms with Gasteiger partial charge in [-0.1, -0.05) is 60.1 Å². The minimum Gasteiger partial charge on any atom is -0.366 e. The van der Waals surface area contributed by atoms with E-state index in [1.165, 1.54) is 18.4 Å². The van der Waals surface area contributed by atoms with E-state index in [2.05, 4.69) is 40.6 Å². The van der Waals surface area contributed by atoms with Crippen molar-refractivity contribution in [2.24, 2.45) is 5.92 Å². The van der Waals surface area contributed by atoms with Gasteiger partial charge in [-0.25, -0.2) is 0 Å². The van der Waals surface area contributed by atoms with Crippen LogP contribution in [0.15, 0.2) is 67.0 Å². The maximum absolute atomic E-state index is 12.8. The van der Waals surface area contributed by atoms with Crippen LogP contribution >= 0.6 is 11.6 Å². The van der Waals surface area contributed by atoms with Gasteiger partial charge in [0.1, 0.15) is 0 Å². The van der Waals surface area contributed by atoms with Crippen molar-refractivity contribution in [3.63, 3.8) is 0 Å². The molecule has 1 aliphatic rings. The third-order valence-corrected chi connectivity index (χ3v) is 6.15. The van der Waals surface area contributed by atoms with E-state index in [1.54, 1.807) is 6.20 Å². The molecule has 1 aromatic heterocycles. The Labute approximate surface area is 171 Å². The van der Waals surface area contributed by atoms with Crippen LogP contribution in [0.2, 0.25) is 5.02 Å². The summed E-state index contributed by atoms with van der Waals surface area (Å²) in [5.74, 6) is 1.16. The maximum atomic E-state index is 12.8. The van der Waals surface area contributed by atoms with Gasteiger partial charge in [-0.15, -0.1) is 0 Å². The Kier molecular flexibility index (Phi) is 5.82. The number of rotatable bonds is 5. The second kappa shape index (κ2) is 8.66. The van der Waals surface area contributed by atoms with Crippen LogP contribution in [0.25, 0.3) is 11.1 Å². The molecule has 1 amide bonds. The summed E-state index contributed by atoms with van der Waals surface area (Å²) >= 11 is 6.31. The van der Waals surface area contributed by atoms with Crippen LogP contribution in [-0.4, -0.2) is 17.4 Å². The number of halogens is 1. The molecule has 0 bridgehead atoms. The number of nitrogens with one attached hydrogen (secondary N) is 2. The van der Waals surface area contributed by atoms with E-state index < -0.39 is 0 Å². The SMILES string of the molecule is O=C(NCC1CCC(c2ccccc2)CC1)c1c[nH]cc1-c1ccccc1Cl. The fourth-order valence-corrected chi connectivity index (χ4v) is 4.45. The fraction of sp³-hybridized carbons (Fsp3) is 0.292. The normalized spacial score (nSPS) is 19.3. The second-order valence-corrected chi connectivity index (χ2v) is 8.01. The van der Waals surface area contributed by atoms with Gasteiger partial charge in [0.15, 0.2) is 0 Å². The molecule has 4 heteroatoms. The van der Waals surface area contributed by atoms with Crippen LogP contribution in [-0.2, 0) is 0 Å². The first kappa shape index (κ1) is 18.8. The summed E-state index contributed by atoms with van der Waals surface area (Å²) in [5, 5.41) is 3.79. The summed E-state index contributed by atoms with van der Waals surface area (Å²) in [5.41, 5.74) is 3.81. The number of hydrogen-bond acceptors (Lipinski definition) is 1. The van der Waals surface area contributed by atoms with Crippen LogP contribution in [0.5, 0.6) is 0 Å². The summed E-state index contributed by atoms with van der Waals surface area (Å²) < 4.78 is 0. The van der Waals surface area contributed by atoms with E-state index in [1.807, 2.05) is 30.5 Å². The average Bonchev–Trinajstić information content (AvgIpc) is 3.23. The first-order valence-corrected chi connectivity index (χ1v) is 10.3. The van der Waals surface area contributed by atoms with E-state index in [9.17, 15) is 4.79 Å². The number of carbonyl (C=O) groups excluding carboxylic acids is 1. The predicted molar refractivity (Wildman–Crippen MR) is 115 cm³/mol. The number of benzene rings is 2. The summed E-state index contributed by atoms with van der Waals surface area (Å²) in [7, 11) is 0. The molecule has 0 unspecified atom stereocenters. The minimum absolute atomic E-state index is 0.0404. The van der Waals surface area contributed by atoms with Gasteiger partial charge in [-0.2, -0.15) is 0 Å². The molecule has 1 aliphatic carbocycles. The summed E-state index contributed by atoms with van der Waals surface area (Å²) in [6, 6.07) is 18.4. The second-order valence-electron chi connectivity index (χ2n) is 7.60. The zero-order valence-corrected chi connectivity index (χ0v) is 16.6. The number of H-pyrrole nitrogens is 1. The summed E-state index contributed by atoms with van der Waals surface area (Å²) in [6.45, 7) is 0.730. The number of hydrogen-bond donors (Lipinski definition) is 2. The van der Waals surface area contributed by atoms with E-state index >= 15 is 0 Å². The molecular weight excluding hydrogens is 368 g/mol. The van der Waals surface area contributed by atoms with Crippen molar-refractivity contribution in [2.75, 3.05) is 6.54 Å². The average molecular weight is 393 g/mol. The van der Waals surface area contributed by atoms with Crippen LogP contribution in [0, 0.1) is 5.92 Å². The third kappa shape index (κ3) is 4.15. The Bertz CT molecular complexity index is 927. The molecule has 0 radical (unpaired) electrons. The molecule has 1 saturated carbocycles. The van der Waals surface area contributed by atoms with Crippen molar-refractivity contribution >= 4 is 17.5 Å². The quantitative estimate of drug-likeness (QED) is 0.546. The van der Waals surface area contributed by atoms with Crippen LogP contribution < -0.4 is 5.32 Å². The Morgan fingerprint density at radius 3 is 2.39 bits per heavy atom. The standard InChI is InChI=1S/C24H25ClN2O/c25-23-9-5-4-8-20(23)21-15-26-16-22(21)24(28)27-14-17-10-12-19(13-11-17)18-6-2-1-3-7-18/h1-9,15-17,19,26H,10-14H2,(H,27,28). The maximum Gasteiger partial charge on any atom is 0.253 e. The number of aromatic amines is 1. The van der Waals surface area contributed by atoms with Crippen LogP contribution in [0.1, 0.15) is 47.5 Å². The van der Waals surface area contributed by atoms with Gasteiger partial charge >= 0.3 is 0 Å². The van der Waals surface area contributed by atoms with Gasteiger partial charge in [0.25, 0.3) is 5.91 Å². The highest BCUT2D eigenvalue weighted by atomic mass is 35.5. The Balaban J connectivity index is 1.34. The molecule has 0 spiro atoms. The molecule has 0 atom stereocenters. The van der Waals surface area contributed by atoms with Gasteiger partial charge < -0.3 is 10.3 Å². The molecule has 3 aromatic rings. The van der Waals surface area contributed by atoms with Crippen molar-refractivity contribution in [3.8, 4) is 11.1 Å². The summed E-state index contributed by atoms with van der Waals surface area (Å²) in [4.78, 5) is 15.8. The van der Waals surface area contributed by atoms with Gasteiger partial charge in [-0.05, 0) is 49.1 Å². The van der Waals surface area contributed by atoms with Crippen molar-refractivity contribution in [3.05, 3.63) is 83.1 Å². The molecule has 0 saturated heterocycles. The molecule has 144 valence electrons.